The summed E-state index contributed by atoms with van der Waals surface area (Å²) in [7, 11) is 0. The van der Waals surface area contributed by atoms with Gasteiger partial charge in [-0.2, -0.15) is 0 Å². The van der Waals surface area contributed by atoms with Crippen molar-refractivity contribution in [2.75, 3.05) is 0 Å². The largest absolute Gasteiger partial charge is 0.143 e. The molecule has 0 saturated heterocycles. The van der Waals surface area contributed by atoms with E-state index in [4.69, 9.17) is 0 Å². The predicted octanol–water partition coefficient (Wildman–Crippen LogP) is 3.92. The summed E-state index contributed by atoms with van der Waals surface area (Å²) in [6, 6.07) is 6.21. The van der Waals surface area contributed by atoms with E-state index in [-0.39, 0.29) is 5.41 Å². The first-order valence-electron chi connectivity index (χ1n) is 4.41. The molecular formula is C12H16S. The van der Waals surface area contributed by atoms with Crippen LogP contribution in [0, 0.1) is 0 Å². The Morgan fingerprint density at radius 3 is 2.38 bits per heavy atom. The van der Waals surface area contributed by atoms with Crippen molar-refractivity contribution in [3.8, 4) is 0 Å². The van der Waals surface area contributed by atoms with Crippen LogP contribution in [0.15, 0.2) is 29.7 Å². The van der Waals surface area contributed by atoms with Crippen molar-refractivity contribution in [2.24, 2.45) is 0 Å². The standard InChI is InChI=1S/C12H16S/c1-5-9-6-7-11(13)10(8-9)12(2,3)4/h5-8,13H,1H2,2-4H3. The quantitative estimate of drug-likeness (QED) is 0.641. The molecule has 0 amide bonds. The molecule has 1 aromatic rings. The molecule has 0 bridgehead atoms. The van der Waals surface area contributed by atoms with Gasteiger partial charge in [0.1, 0.15) is 0 Å². The van der Waals surface area contributed by atoms with Crippen molar-refractivity contribution in [3.05, 3.63) is 35.9 Å². The highest BCUT2D eigenvalue weighted by molar-refractivity contribution is 7.80. The summed E-state index contributed by atoms with van der Waals surface area (Å²) >= 11 is 4.44. The Labute approximate surface area is 86.1 Å². The molecule has 0 aliphatic heterocycles. The number of benzene rings is 1. The molecule has 0 aliphatic carbocycles. The van der Waals surface area contributed by atoms with E-state index >= 15 is 0 Å². The summed E-state index contributed by atoms with van der Waals surface area (Å²) in [4.78, 5) is 1.05. The van der Waals surface area contributed by atoms with Crippen molar-refractivity contribution in [2.45, 2.75) is 31.1 Å². The lowest BCUT2D eigenvalue weighted by molar-refractivity contribution is 0.578. The minimum Gasteiger partial charge on any atom is -0.143 e. The number of thiol groups is 1. The first-order valence-corrected chi connectivity index (χ1v) is 4.86. The fraction of sp³-hybridized carbons (Fsp3) is 0.333. The van der Waals surface area contributed by atoms with Gasteiger partial charge >= 0.3 is 0 Å². The van der Waals surface area contributed by atoms with Crippen molar-refractivity contribution < 1.29 is 0 Å². The van der Waals surface area contributed by atoms with Crippen molar-refractivity contribution >= 4 is 18.7 Å². The van der Waals surface area contributed by atoms with Crippen LogP contribution >= 0.6 is 12.6 Å². The Kier molecular flexibility index (Phi) is 2.87. The normalized spacial score (nSPS) is 11.4. The van der Waals surface area contributed by atoms with Crippen molar-refractivity contribution in [1.29, 1.82) is 0 Å². The van der Waals surface area contributed by atoms with Crippen LogP contribution in [0.4, 0.5) is 0 Å². The topological polar surface area (TPSA) is 0 Å². The van der Waals surface area contributed by atoms with Gasteiger partial charge in [0.05, 0.1) is 0 Å². The summed E-state index contributed by atoms with van der Waals surface area (Å²) in [5.74, 6) is 0. The molecule has 0 spiro atoms. The van der Waals surface area contributed by atoms with Crippen LogP contribution < -0.4 is 0 Å². The molecule has 0 N–H and O–H groups in total. The van der Waals surface area contributed by atoms with Gasteiger partial charge in [0.2, 0.25) is 0 Å². The van der Waals surface area contributed by atoms with Crippen molar-refractivity contribution in [3.63, 3.8) is 0 Å². The van der Waals surface area contributed by atoms with Crippen molar-refractivity contribution in [1.82, 2.24) is 0 Å². The molecule has 0 aliphatic rings. The minimum atomic E-state index is 0.149. The van der Waals surface area contributed by atoms with E-state index in [2.05, 4.69) is 46.0 Å². The van der Waals surface area contributed by atoms with Crippen LogP contribution in [-0.2, 0) is 5.41 Å². The van der Waals surface area contributed by atoms with Gasteiger partial charge in [0.25, 0.3) is 0 Å². The molecule has 0 unspecified atom stereocenters. The lowest BCUT2D eigenvalue weighted by Crippen LogP contribution is -2.12. The lowest BCUT2D eigenvalue weighted by atomic mass is 9.86. The van der Waals surface area contributed by atoms with Gasteiger partial charge in [-0.25, -0.2) is 0 Å². The second-order valence-corrected chi connectivity index (χ2v) is 4.71. The third kappa shape index (κ3) is 2.38. The van der Waals surface area contributed by atoms with Crippen LogP contribution in [0.25, 0.3) is 6.08 Å². The molecule has 0 nitrogen and oxygen atoms in total. The van der Waals surface area contributed by atoms with E-state index in [1.807, 2.05) is 18.2 Å². The van der Waals surface area contributed by atoms with Gasteiger partial charge in [-0.1, -0.05) is 45.6 Å². The maximum Gasteiger partial charge on any atom is 0.00778 e. The number of hydrogen-bond donors (Lipinski definition) is 1. The van der Waals surface area contributed by atoms with Gasteiger partial charge in [0, 0.05) is 4.90 Å². The van der Waals surface area contributed by atoms with Gasteiger partial charge < -0.3 is 0 Å². The Morgan fingerprint density at radius 2 is 1.92 bits per heavy atom. The SMILES string of the molecule is C=Cc1ccc(S)c(C(C)(C)C)c1. The highest BCUT2D eigenvalue weighted by Gasteiger charge is 2.16. The maximum absolute atomic E-state index is 4.44. The fourth-order valence-electron chi connectivity index (χ4n) is 1.28. The summed E-state index contributed by atoms with van der Waals surface area (Å²) in [5.41, 5.74) is 2.58. The van der Waals surface area contributed by atoms with E-state index < -0.39 is 0 Å². The summed E-state index contributed by atoms with van der Waals surface area (Å²) in [5, 5.41) is 0. The fourth-order valence-corrected chi connectivity index (χ4v) is 1.76. The van der Waals surface area contributed by atoms with E-state index in [1.54, 1.807) is 0 Å². The van der Waals surface area contributed by atoms with Gasteiger partial charge in [-0.3, -0.25) is 0 Å². The van der Waals surface area contributed by atoms with E-state index in [1.165, 1.54) is 5.56 Å². The Hall–Kier alpha value is -0.690. The highest BCUT2D eigenvalue weighted by Crippen LogP contribution is 2.29. The third-order valence-electron chi connectivity index (χ3n) is 2.06. The monoisotopic (exact) mass is 192 g/mol. The average Bonchev–Trinajstić information content (AvgIpc) is 2.03. The number of rotatable bonds is 1. The minimum absolute atomic E-state index is 0.149. The molecule has 1 heteroatoms. The van der Waals surface area contributed by atoms with Gasteiger partial charge in [-0.15, -0.1) is 12.6 Å². The molecule has 1 aromatic carbocycles. The molecule has 0 atom stereocenters. The van der Waals surface area contributed by atoms with Crippen LogP contribution in [0.1, 0.15) is 31.9 Å². The Balaban J connectivity index is 3.27. The molecule has 0 heterocycles. The first-order chi connectivity index (χ1) is 5.95. The predicted molar refractivity (Wildman–Crippen MR) is 62.5 cm³/mol. The van der Waals surface area contributed by atoms with E-state index in [0.717, 1.165) is 10.5 Å². The smallest absolute Gasteiger partial charge is 0.00778 e. The molecule has 1 rings (SSSR count). The van der Waals surface area contributed by atoms with Crippen LogP contribution in [0.3, 0.4) is 0 Å². The maximum atomic E-state index is 4.44. The highest BCUT2D eigenvalue weighted by atomic mass is 32.1. The average molecular weight is 192 g/mol. The summed E-state index contributed by atoms with van der Waals surface area (Å²) < 4.78 is 0. The molecule has 70 valence electrons. The zero-order valence-electron chi connectivity index (χ0n) is 8.46. The second kappa shape index (κ2) is 3.59. The molecule has 0 fully saturated rings. The van der Waals surface area contributed by atoms with Crippen LogP contribution in [-0.4, -0.2) is 0 Å². The van der Waals surface area contributed by atoms with Gasteiger partial charge in [-0.05, 0) is 22.6 Å². The second-order valence-electron chi connectivity index (χ2n) is 4.23. The summed E-state index contributed by atoms with van der Waals surface area (Å²) in [6.45, 7) is 10.3. The lowest BCUT2D eigenvalue weighted by Gasteiger charge is -2.21. The number of hydrogen-bond acceptors (Lipinski definition) is 1. The third-order valence-corrected chi connectivity index (χ3v) is 2.45. The Morgan fingerprint density at radius 1 is 1.31 bits per heavy atom. The van der Waals surface area contributed by atoms with E-state index in [0.29, 0.717) is 0 Å². The molecule has 0 aromatic heterocycles. The first kappa shape index (κ1) is 10.4. The summed E-state index contributed by atoms with van der Waals surface area (Å²) in [6.07, 6.45) is 1.86. The Bertz CT molecular complexity index is 318. The van der Waals surface area contributed by atoms with Crippen LogP contribution in [0.5, 0.6) is 0 Å². The molecular weight excluding hydrogens is 176 g/mol. The van der Waals surface area contributed by atoms with Gasteiger partial charge in [0.15, 0.2) is 0 Å². The van der Waals surface area contributed by atoms with E-state index in [9.17, 15) is 0 Å². The molecule has 13 heavy (non-hydrogen) atoms. The zero-order valence-corrected chi connectivity index (χ0v) is 9.36. The van der Waals surface area contributed by atoms with Crippen LogP contribution in [0.2, 0.25) is 0 Å². The zero-order chi connectivity index (χ0) is 10.1. The molecule has 0 saturated carbocycles. The molecule has 0 radical (unpaired) electrons.